The minimum atomic E-state index is 0.458. The van der Waals surface area contributed by atoms with Gasteiger partial charge in [0, 0.05) is 37.8 Å². The Labute approximate surface area is 124 Å². The van der Waals surface area contributed by atoms with Gasteiger partial charge in [0.2, 0.25) is 0 Å². The summed E-state index contributed by atoms with van der Waals surface area (Å²) in [6, 6.07) is 0.758. The van der Waals surface area contributed by atoms with Crippen LogP contribution in [0.4, 0.5) is 0 Å². The molecule has 3 heteroatoms. The van der Waals surface area contributed by atoms with E-state index in [4.69, 9.17) is 4.74 Å². The van der Waals surface area contributed by atoms with Gasteiger partial charge in [-0.1, -0.05) is 26.2 Å². The van der Waals surface area contributed by atoms with Crippen LogP contribution in [0.2, 0.25) is 0 Å². The van der Waals surface area contributed by atoms with Crippen molar-refractivity contribution in [3.63, 3.8) is 0 Å². The van der Waals surface area contributed by atoms with Crippen molar-refractivity contribution in [2.75, 3.05) is 32.8 Å². The summed E-state index contributed by atoms with van der Waals surface area (Å²) in [6.45, 7) is 7.67. The fourth-order valence-electron chi connectivity index (χ4n) is 4.20. The Balaban J connectivity index is 1.58. The number of ether oxygens (including phenoxy) is 1. The fourth-order valence-corrected chi connectivity index (χ4v) is 4.20. The van der Waals surface area contributed by atoms with Crippen molar-refractivity contribution in [3.05, 3.63) is 0 Å². The zero-order chi connectivity index (χ0) is 13.8. The van der Waals surface area contributed by atoms with Crippen molar-refractivity contribution >= 4 is 0 Å². The van der Waals surface area contributed by atoms with Gasteiger partial charge in [0.05, 0.1) is 6.61 Å². The lowest BCUT2D eigenvalue weighted by Gasteiger charge is -2.52. The lowest BCUT2D eigenvalue weighted by Crippen LogP contribution is -2.66. The van der Waals surface area contributed by atoms with Gasteiger partial charge in [-0.15, -0.1) is 0 Å². The van der Waals surface area contributed by atoms with Gasteiger partial charge in [0.25, 0.3) is 0 Å². The summed E-state index contributed by atoms with van der Waals surface area (Å²) in [6.07, 6.45) is 11.1. The van der Waals surface area contributed by atoms with Gasteiger partial charge in [0.1, 0.15) is 0 Å². The molecule has 1 heterocycles. The first kappa shape index (κ1) is 14.8. The third kappa shape index (κ3) is 3.37. The molecule has 20 heavy (non-hydrogen) atoms. The summed E-state index contributed by atoms with van der Waals surface area (Å²) < 4.78 is 5.77. The summed E-state index contributed by atoms with van der Waals surface area (Å²) >= 11 is 0. The first-order chi connectivity index (χ1) is 9.84. The van der Waals surface area contributed by atoms with E-state index in [1.807, 2.05) is 0 Å². The molecule has 1 N–H and O–H groups in total. The van der Waals surface area contributed by atoms with Gasteiger partial charge in [0.15, 0.2) is 0 Å². The normalized spacial score (nSPS) is 30.8. The van der Waals surface area contributed by atoms with Crippen LogP contribution in [0.5, 0.6) is 0 Å². The third-order valence-electron chi connectivity index (χ3n) is 5.61. The molecule has 0 aromatic rings. The zero-order valence-corrected chi connectivity index (χ0v) is 13.2. The van der Waals surface area contributed by atoms with Gasteiger partial charge >= 0.3 is 0 Å². The quantitative estimate of drug-likeness (QED) is 0.757. The van der Waals surface area contributed by atoms with E-state index >= 15 is 0 Å². The molecule has 0 aromatic heterocycles. The van der Waals surface area contributed by atoms with Crippen molar-refractivity contribution in [1.29, 1.82) is 0 Å². The summed E-state index contributed by atoms with van der Waals surface area (Å²) in [5.41, 5.74) is 0.458. The molecule has 1 aliphatic heterocycles. The maximum Gasteiger partial charge on any atom is 0.0593 e. The van der Waals surface area contributed by atoms with Crippen LogP contribution in [0.1, 0.15) is 58.3 Å². The van der Waals surface area contributed by atoms with Crippen LogP contribution < -0.4 is 5.32 Å². The van der Waals surface area contributed by atoms with Crippen LogP contribution in [0.15, 0.2) is 0 Å². The van der Waals surface area contributed by atoms with Crippen molar-refractivity contribution in [3.8, 4) is 0 Å². The SMILES string of the molecule is CCCOCCN1CC(C2CC2)NCC12CCCCC2. The number of nitrogens with zero attached hydrogens (tertiary/aromatic N) is 1. The highest BCUT2D eigenvalue weighted by molar-refractivity contribution is 5.03. The Bertz CT molecular complexity index is 297. The molecular formula is C17H32N2O. The average molecular weight is 280 g/mol. The standard InChI is InChI=1S/C17H32N2O/c1-2-11-20-12-10-19-13-16(15-6-7-15)18-14-17(19)8-4-3-5-9-17/h15-16,18H,2-14H2,1H3. The molecule has 3 rings (SSSR count). The summed E-state index contributed by atoms with van der Waals surface area (Å²) in [7, 11) is 0. The smallest absolute Gasteiger partial charge is 0.0593 e. The summed E-state index contributed by atoms with van der Waals surface area (Å²) in [4.78, 5) is 2.81. The van der Waals surface area contributed by atoms with E-state index in [2.05, 4.69) is 17.1 Å². The van der Waals surface area contributed by atoms with E-state index in [0.717, 1.165) is 38.1 Å². The lowest BCUT2D eigenvalue weighted by molar-refractivity contribution is -0.0143. The van der Waals surface area contributed by atoms with Crippen molar-refractivity contribution < 1.29 is 4.74 Å². The minimum Gasteiger partial charge on any atom is -0.380 e. The van der Waals surface area contributed by atoms with E-state index in [1.54, 1.807) is 0 Å². The second-order valence-corrected chi connectivity index (χ2v) is 7.17. The number of nitrogens with one attached hydrogen (secondary N) is 1. The Hall–Kier alpha value is -0.120. The molecule has 3 nitrogen and oxygen atoms in total. The van der Waals surface area contributed by atoms with Crippen molar-refractivity contribution in [2.45, 2.75) is 69.9 Å². The van der Waals surface area contributed by atoms with Gasteiger partial charge < -0.3 is 10.1 Å². The van der Waals surface area contributed by atoms with Crippen LogP contribution in [-0.4, -0.2) is 49.3 Å². The number of hydrogen-bond donors (Lipinski definition) is 1. The number of rotatable bonds is 6. The van der Waals surface area contributed by atoms with Crippen LogP contribution >= 0.6 is 0 Å². The molecule has 1 saturated heterocycles. The number of piperazine rings is 1. The van der Waals surface area contributed by atoms with E-state index in [9.17, 15) is 0 Å². The molecule has 0 aromatic carbocycles. The molecule has 2 aliphatic carbocycles. The zero-order valence-electron chi connectivity index (χ0n) is 13.2. The second-order valence-electron chi connectivity index (χ2n) is 7.17. The second kappa shape index (κ2) is 6.76. The van der Waals surface area contributed by atoms with Crippen LogP contribution in [-0.2, 0) is 4.74 Å². The number of hydrogen-bond acceptors (Lipinski definition) is 3. The molecule has 1 spiro atoms. The molecular weight excluding hydrogens is 248 g/mol. The van der Waals surface area contributed by atoms with Gasteiger partial charge in [-0.05, 0) is 38.0 Å². The first-order valence-corrected chi connectivity index (χ1v) is 8.90. The Kier molecular flexibility index (Phi) is 5.00. The molecule has 116 valence electrons. The van der Waals surface area contributed by atoms with E-state index < -0.39 is 0 Å². The fraction of sp³-hybridized carbons (Fsp3) is 1.00. The molecule has 0 radical (unpaired) electrons. The average Bonchev–Trinajstić information content (AvgIpc) is 3.31. The van der Waals surface area contributed by atoms with Gasteiger partial charge in [-0.2, -0.15) is 0 Å². The van der Waals surface area contributed by atoms with Crippen molar-refractivity contribution in [2.24, 2.45) is 5.92 Å². The highest BCUT2D eigenvalue weighted by Gasteiger charge is 2.45. The highest BCUT2D eigenvalue weighted by atomic mass is 16.5. The van der Waals surface area contributed by atoms with E-state index in [0.29, 0.717) is 5.54 Å². The maximum atomic E-state index is 5.77. The third-order valence-corrected chi connectivity index (χ3v) is 5.61. The van der Waals surface area contributed by atoms with Crippen molar-refractivity contribution in [1.82, 2.24) is 10.2 Å². The Morgan fingerprint density at radius 2 is 1.95 bits per heavy atom. The molecule has 1 unspecified atom stereocenters. The topological polar surface area (TPSA) is 24.5 Å². The first-order valence-electron chi connectivity index (χ1n) is 8.90. The Morgan fingerprint density at radius 3 is 2.65 bits per heavy atom. The Morgan fingerprint density at radius 1 is 1.15 bits per heavy atom. The van der Waals surface area contributed by atoms with Gasteiger partial charge in [-0.25, -0.2) is 0 Å². The van der Waals surface area contributed by atoms with E-state index in [-0.39, 0.29) is 0 Å². The molecule has 2 saturated carbocycles. The lowest BCUT2D eigenvalue weighted by atomic mass is 9.78. The monoisotopic (exact) mass is 280 g/mol. The largest absolute Gasteiger partial charge is 0.380 e. The predicted molar refractivity (Wildman–Crippen MR) is 83.0 cm³/mol. The van der Waals surface area contributed by atoms with Crippen LogP contribution in [0, 0.1) is 5.92 Å². The molecule has 3 aliphatic rings. The maximum absolute atomic E-state index is 5.77. The summed E-state index contributed by atoms with van der Waals surface area (Å²) in [5, 5.41) is 3.89. The molecule has 0 amide bonds. The van der Waals surface area contributed by atoms with Gasteiger partial charge in [-0.3, -0.25) is 4.90 Å². The molecule has 3 fully saturated rings. The molecule has 1 atom stereocenters. The van der Waals surface area contributed by atoms with Crippen LogP contribution in [0.25, 0.3) is 0 Å². The molecule has 0 bridgehead atoms. The van der Waals surface area contributed by atoms with E-state index in [1.165, 1.54) is 58.0 Å². The highest BCUT2D eigenvalue weighted by Crippen LogP contribution is 2.40. The summed E-state index contributed by atoms with van der Waals surface area (Å²) in [5.74, 6) is 0.968. The van der Waals surface area contributed by atoms with Crippen LogP contribution in [0.3, 0.4) is 0 Å². The minimum absolute atomic E-state index is 0.458. The predicted octanol–water partition coefficient (Wildman–Crippen LogP) is 2.80.